The summed E-state index contributed by atoms with van der Waals surface area (Å²) >= 11 is 0. The molecule has 150 valence electrons. The van der Waals surface area contributed by atoms with E-state index >= 15 is 0 Å². The summed E-state index contributed by atoms with van der Waals surface area (Å²) in [6.45, 7) is 0.119. The number of nitro benzene ring substituents is 1. The van der Waals surface area contributed by atoms with Gasteiger partial charge in [-0.3, -0.25) is 14.9 Å². The largest absolute Gasteiger partial charge is 0.486 e. The quantitative estimate of drug-likeness (QED) is 0.346. The number of fused-ring (bicyclic) bond motifs is 1. The molecule has 0 radical (unpaired) electrons. The first-order chi connectivity index (χ1) is 14.5. The molecule has 0 fully saturated rings. The molecule has 1 N–H and O–H groups in total. The summed E-state index contributed by atoms with van der Waals surface area (Å²) in [4.78, 5) is 22.3. The minimum Gasteiger partial charge on any atom is -0.486 e. The Kier molecular flexibility index (Phi) is 5.13. The Balaban J connectivity index is 1.41. The van der Waals surface area contributed by atoms with E-state index in [1.807, 2.05) is 42.5 Å². The summed E-state index contributed by atoms with van der Waals surface area (Å²) in [5.41, 5.74) is -0.643. The zero-order valence-corrected chi connectivity index (χ0v) is 15.5. The van der Waals surface area contributed by atoms with Gasteiger partial charge in [0.1, 0.15) is 18.1 Å². The zero-order chi connectivity index (χ0) is 21.1. The fourth-order valence-corrected chi connectivity index (χ4v) is 2.91. The first kappa shape index (κ1) is 19.1. The Bertz CT molecular complexity index is 1250. The van der Waals surface area contributed by atoms with Gasteiger partial charge in [-0.1, -0.05) is 30.3 Å². The van der Waals surface area contributed by atoms with Crippen molar-refractivity contribution in [2.45, 2.75) is 6.61 Å². The van der Waals surface area contributed by atoms with Crippen LogP contribution in [0.3, 0.4) is 0 Å². The standard InChI is InChI=1S/C22H15FN2O5/c23-19-9-6-16(12-20(19)25(27)28)24-22(26)21-10-8-18(30-21)13-29-17-7-5-14-3-1-2-4-15(14)11-17/h1-12H,13H2,(H,24,26). The number of carbonyl (C=O) groups excluding carboxylic acids is 1. The molecule has 4 rings (SSSR count). The van der Waals surface area contributed by atoms with Crippen LogP contribution in [0.2, 0.25) is 0 Å². The number of nitro groups is 1. The molecule has 1 amide bonds. The van der Waals surface area contributed by atoms with Crippen molar-refractivity contribution in [2.75, 3.05) is 5.32 Å². The Hall–Kier alpha value is -4.20. The van der Waals surface area contributed by atoms with E-state index in [9.17, 15) is 19.3 Å². The SMILES string of the molecule is O=C(Nc1ccc(F)c([N+](=O)[O-])c1)c1ccc(COc2ccc3ccccc3c2)o1. The number of hydrogen-bond acceptors (Lipinski definition) is 5. The lowest BCUT2D eigenvalue weighted by Crippen LogP contribution is -2.11. The van der Waals surface area contributed by atoms with E-state index in [1.165, 1.54) is 12.1 Å². The van der Waals surface area contributed by atoms with Gasteiger partial charge in [-0.05, 0) is 47.2 Å². The maximum Gasteiger partial charge on any atom is 0.306 e. The van der Waals surface area contributed by atoms with Crippen LogP contribution in [0.25, 0.3) is 10.8 Å². The third-order valence-corrected chi connectivity index (χ3v) is 4.39. The van der Waals surface area contributed by atoms with Gasteiger partial charge in [-0.25, -0.2) is 0 Å². The number of halogens is 1. The minimum absolute atomic E-state index is 0.000843. The molecule has 0 spiro atoms. The molecule has 0 aliphatic rings. The number of carbonyl (C=O) groups is 1. The Morgan fingerprint density at radius 3 is 2.63 bits per heavy atom. The molecule has 8 heteroatoms. The molecular weight excluding hydrogens is 391 g/mol. The van der Waals surface area contributed by atoms with Gasteiger partial charge in [0.25, 0.3) is 5.91 Å². The van der Waals surface area contributed by atoms with Crippen LogP contribution in [0.15, 0.2) is 77.2 Å². The maximum absolute atomic E-state index is 13.4. The second-order valence-electron chi connectivity index (χ2n) is 6.44. The smallest absolute Gasteiger partial charge is 0.306 e. The highest BCUT2D eigenvalue weighted by Crippen LogP contribution is 2.23. The first-order valence-electron chi connectivity index (χ1n) is 8.95. The van der Waals surface area contributed by atoms with Crippen LogP contribution in [0.1, 0.15) is 16.3 Å². The van der Waals surface area contributed by atoms with Gasteiger partial charge in [0, 0.05) is 11.8 Å². The number of rotatable bonds is 6. The first-order valence-corrected chi connectivity index (χ1v) is 8.95. The molecule has 0 aliphatic carbocycles. The Labute approximate surface area is 169 Å². The van der Waals surface area contributed by atoms with Crippen molar-refractivity contribution in [1.29, 1.82) is 0 Å². The highest BCUT2D eigenvalue weighted by molar-refractivity contribution is 6.02. The van der Waals surface area contributed by atoms with Gasteiger partial charge < -0.3 is 14.5 Å². The second kappa shape index (κ2) is 8.04. The van der Waals surface area contributed by atoms with Crippen molar-refractivity contribution in [2.24, 2.45) is 0 Å². The van der Waals surface area contributed by atoms with Crippen molar-refractivity contribution in [3.05, 3.63) is 100 Å². The molecule has 0 aliphatic heterocycles. The van der Waals surface area contributed by atoms with E-state index in [0.29, 0.717) is 11.5 Å². The number of ether oxygens (including phenoxy) is 1. The molecule has 0 saturated carbocycles. The van der Waals surface area contributed by atoms with Crippen LogP contribution in [0, 0.1) is 15.9 Å². The van der Waals surface area contributed by atoms with E-state index in [0.717, 1.165) is 22.9 Å². The third-order valence-electron chi connectivity index (χ3n) is 4.39. The predicted molar refractivity (Wildman–Crippen MR) is 108 cm³/mol. The lowest BCUT2D eigenvalue weighted by molar-refractivity contribution is -0.387. The number of benzene rings is 3. The van der Waals surface area contributed by atoms with Gasteiger partial charge >= 0.3 is 5.69 Å². The van der Waals surface area contributed by atoms with E-state index < -0.39 is 22.3 Å². The molecular formula is C22H15FN2O5. The third kappa shape index (κ3) is 4.12. The summed E-state index contributed by atoms with van der Waals surface area (Å²) in [5.74, 6) is -0.510. The number of furan rings is 1. The van der Waals surface area contributed by atoms with Gasteiger partial charge in [0.2, 0.25) is 5.82 Å². The van der Waals surface area contributed by atoms with Crippen LogP contribution in [-0.4, -0.2) is 10.8 Å². The van der Waals surface area contributed by atoms with Gasteiger partial charge in [0.05, 0.1) is 4.92 Å². The number of amides is 1. The lowest BCUT2D eigenvalue weighted by Gasteiger charge is -2.06. The van der Waals surface area contributed by atoms with Crippen LogP contribution < -0.4 is 10.1 Å². The molecule has 0 saturated heterocycles. The Morgan fingerprint density at radius 1 is 1.03 bits per heavy atom. The summed E-state index contributed by atoms with van der Waals surface area (Å²) in [5, 5.41) is 15.4. The van der Waals surface area contributed by atoms with E-state index in [1.54, 1.807) is 6.07 Å². The summed E-state index contributed by atoms with van der Waals surface area (Å²) in [6, 6.07) is 19.8. The highest BCUT2D eigenvalue weighted by Gasteiger charge is 2.17. The van der Waals surface area contributed by atoms with Crippen LogP contribution in [-0.2, 0) is 6.61 Å². The van der Waals surface area contributed by atoms with Crippen molar-refractivity contribution >= 4 is 28.1 Å². The zero-order valence-electron chi connectivity index (χ0n) is 15.5. The van der Waals surface area contributed by atoms with Crippen molar-refractivity contribution in [3.63, 3.8) is 0 Å². The maximum atomic E-state index is 13.4. The van der Waals surface area contributed by atoms with Crippen LogP contribution >= 0.6 is 0 Å². The molecule has 7 nitrogen and oxygen atoms in total. The summed E-state index contributed by atoms with van der Waals surface area (Å²) < 4.78 is 24.6. The number of anilines is 1. The van der Waals surface area contributed by atoms with E-state index in [-0.39, 0.29) is 18.1 Å². The summed E-state index contributed by atoms with van der Waals surface area (Å²) in [6.07, 6.45) is 0. The van der Waals surface area contributed by atoms with Gasteiger partial charge in [0.15, 0.2) is 5.76 Å². The summed E-state index contributed by atoms with van der Waals surface area (Å²) in [7, 11) is 0. The average molecular weight is 406 g/mol. The van der Waals surface area contributed by atoms with E-state index in [2.05, 4.69) is 5.32 Å². The number of nitrogens with one attached hydrogen (secondary N) is 1. The number of hydrogen-bond donors (Lipinski definition) is 1. The fraction of sp³-hybridized carbons (Fsp3) is 0.0455. The highest BCUT2D eigenvalue weighted by atomic mass is 19.1. The molecule has 0 bridgehead atoms. The van der Waals surface area contributed by atoms with Crippen molar-refractivity contribution in [3.8, 4) is 5.75 Å². The van der Waals surface area contributed by atoms with Crippen molar-refractivity contribution in [1.82, 2.24) is 0 Å². The average Bonchev–Trinajstić information content (AvgIpc) is 3.22. The molecule has 0 atom stereocenters. The number of nitrogens with zero attached hydrogens (tertiary/aromatic N) is 1. The molecule has 30 heavy (non-hydrogen) atoms. The van der Waals surface area contributed by atoms with Gasteiger partial charge in [-0.15, -0.1) is 0 Å². The van der Waals surface area contributed by atoms with Crippen LogP contribution in [0.4, 0.5) is 15.8 Å². The van der Waals surface area contributed by atoms with Gasteiger partial charge in [-0.2, -0.15) is 4.39 Å². The fourth-order valence-electron chi connectivity index (χ4n) is 2.91. The monoisotopic (exact) mass is 406 g/mol. The molecule has 3 aromatic carbocycles. The molecule has 4 aromatic rings. The van der Waals surface area contributed by atoms with Crippen molar-refractivity contribution < 1.29 is 23.3 Å². The topological polar surface area (TPSA) is 94.6 Å². The second-order valence-corrected chi connectivity index (χ2v) is 6.44. The van der Waals surface area contributed by atoms with E-state index in [4.69, 9.17) is 9.15 Å². The van der Waals surface area contributed by atoms with Crippen LogP contribution in [0.5, 0.6) is 5.75 Å². The lowest BCUT2D eigenvalue weighted by atomic mass is 10.1. The predicted octanol–water partition coefficient (Wildman–Crippen LogP) is 5.31. The normalized spacial score (nSPS) is 10.7. The Morgan fingerprint density at radius 2 is 1.83 bits per heavy atom. The molecule has 1 heterocycles. The minimum atomic E-state index is -0.982. The molecule has 1 aromatic heterocycles. The molecule has 0 unspecified atom stereocenters.